The second-order valence-corrected chi connectivity index (χ2v) is 3.65. The number of carbonyl (C=O) groups excluding carboxylic acids is 1. The average molecular weight is 219 g/mol. The molecule has 2 rings (SSSR count). The van der Waals surface area contributed by atoms with Gasteiger partial charge in [-0.3, -0.25) is 9.89 Å². The summed E-state index contributed by atoms with van der Waals surface area (Å²) >= 11 is 0. The van der Waals surface area contributed by atoms with E-state index in [1.807, 2.05) is 13.0 Å². The molecule has 0 bridgehead atoms. The highest BCUT2D eigenvalue weighted by Crippen LogP contribution is 2.10. The molecule has 0 aliphatic heterocycles. The number of rotatable bonds is 3. The number of hydrogen-bond acceptors (Lipinski definition) is 3. The van der Waals surface area contributed by atoms with Gasteiger partial charge in [0.05, 0.1) is 24.6 Å². The van der Waals surface area contributed by atoms with E-state index in [1.54, 1.807) is 24.3 Å². The predicted molar refractivity (Wildman–Crippen MR) is 57.8 cm³/mol. The highest BCUT2D eigenvalue weighted by Gasteiger charge is 2.16. The summed E-state index contributed by atoms with van der Waals surface area (Å²) in [7, 11) is 1.73. The summed E-state index contributed by atoms with van der Waals surface area (Å²) in [5, 5.41) is 6.57. The van der Waals surface area contributed by atoms with Crippen molar-refractivity contribution in [3.8, 4) is 0 Å². The molecule has 5 nitrogen and oxygen atoms in total. The summed E-state index contributed by atoms with van der Waals surface area (Å²) in [6.07, 6.45) is 3.13. The monoisotopic (exact) mass is 219 g/mol. The van der Waals surface area contributed by atoms with Crippen molar-refractivity contribution in [2.24, 2.45) is 0 Å². The van der Waals surface area contributed by atoms with E-state index in [4.69, 9.17) is 4.42 Å². The molecule has 0 radical (unpaired) electrons. The first kappa shape index (κ1) is 10.5. The van der Waals surface area contributed by atoms with Crippen molar-refractivity contribution in [2.45, 2.75) is 13.5 Å². The third-order valence-electron chi connectivity index (χ3n) is 2.38. The molecule has 0 aliphatic carbocycles. The Kier molecular flexibility index (Phi) is 2.76. The molecule has 84 valence electrons. The number of aryl methyl sites for hydroxylation is 1. The molecule has 0 atom stereocenters. The van der Waals surface area contributed by atoms with Gasteiger partial charge in [-0.05, 0) is 19.1 Å². The van der Waals surface area contributed by atoms with Gasteiger partial charge < -0.3 is 9.32 Å². The molecule has 2 aromatic heterocycles. The molecule has 1 N–H and O–H groups in total. The second kappa shape index (κ2) is 4.22. The summed E-state index contributed by atoms with van der Waals surface area (Å²) in [4.78, 5) is 13.6. The van der Waals surface area contributed by atoms with Crippen LogP contribution in [0.5, 0.6) is 0 Å². The fraction of sp³-hybridized carbons (Fsp3) is 0.273. The van der Waals surface area contributed by atoms with Gasteiger partial charge >= 0.3 is 0 Å². The topological polar surface area (TPSA) is 62.1 Å². The summed E-state index contributed by atoms with van der Waals surface area (Å²) in [6, 6.07) is 3.64. The van der Waals surface area contributed by atoms with Gasteiger partial charge in [-0.25, -0.2) is 0 Å². The van der Waals surface area contributed by atoms with Crippen LogP contribution in [0.2, 0.25) is 0 Å². The average Bonchev–Trinajstić information content (AvgIpc) is 2.88. The lowest BCUT2D eigenvalue weighted by atomic mass is 10.2. The Labute approximate surface area is 93.1 Å². The number of nitrogens with one attached hydrogen (secondary N) is 1. The van der Waals surface area contributed by atoms with Crippen LogP contribution < -0.4 is 0 Å². The van der Waals surface area contributed by atoms with Gasteiger partial charge in [-0.15, -0.1) is 0 Å². The maximum atomic E-state index is 12.0. The summed E-state index contributed by atoms with van der Waals surface area (Å²) < 4.78 is 5.18. The Morgan fingerprint density at radius 1 is 1.62 bits per heavy atom. The van der Waals surface area contributed by atoms with Crippen LogP contribution in [0, 0.1) is 6.92 Å². The van der Waals surface area contributed by atoms with Crippen molar-refractivity contribution in [3.63, 3.8) is 0 Å². The normalized spacial score (nSPS) is 10.4. The molecule has 0 spiro atoms. The van der Waals surface area contributed by atoms with E-state index in [2.05, 4.69) is 10.2 Å². The fourth-order valence-corrected chi connectivity index (χ4v) is 1.48. The third-order valence-corrected chi connectivity index (χ3v) is 2.38. The Balaban J connectivity index is 2.08. The lowest BCUT2D eigenvalue weighted by Gasteiger charge is -2.14. The number of amides is 1. The van der Waals surface area contributed by atoms with E-state index in [0.717, 1.165) is 11.5 Å². The molecule has 2 heterocycles. The Morgan fingerprint density at radius 2 is 2.44 bits per heavy atom. The number of nitrogens with zero attached hydrogens (tertiary/aromatic N) is 2. The zero-order valence-corrected chi connectivity index (χ0v) is 9.23. The van der Waals surface area contributed by atoms with Crippen LogP contribution in [-0.4, -0.2) is 28.1 Å². The standard InChI is InChI=1S/C11H13N3O2/c1-8-10(6-12-13-8)11(15)14(2)7-9-4-3-5-16-9/h3-6H,7H2,1-2H3,(H,12,13). The molecule has 16 heavy (non-hydrogen) atoms. The Bertz CT molecular complexity index is 473. The van der Waals surface area contributed by atoms with Crippen LogP contribution in [0.4, 0.5) is 0 Å². The first-order chi connectivity index (χ1) is 7.68. The lowest BCUT2D eigenvalue weighted by molar-refractivity contribution is 0.0775. The first-order valence-electron chi connectivity index (χ1n) is 4.96. The minimum atomic E-state index is -0.0670. The Hall–Kier alpha value is -2.04. The van der Waals surface area contributed by atoms with Gasteiger partial charge in [0, 0.05) is 12.7 Å². The van der Waals surface area contributed by atoms with Gasteiger partial charge in [0.2, 0.25) is 0 Å². The molecule has 1 amide bonds. The van der Waals surface area contributed by atoms with E-state index in [9.17, 15) is 4.79 Å². The summed E-state index contributed by atoms with van der Waals surface area (Å²) in [6.45, 7) is 2.28. The van der Waals surface area contributed by atoms with E-state index in [-0.39, 0.29) is 5.91 Å². The van der Waals surface area contributed by atoms with E-state index >= 15 is 0 Å². The maximum absolute atomic E-state index is 12.0. The van der Waals surface area contributed by atoms with Crippen molar-refractivity contribution >= 4 is 5.91 Å². The zero-order valence-electron chi connectivity index (χ0n) is 9.23. The van der Waals surface area contributed by atoms with Gasteiger partial charge in [-0.1, -0.05) is 0 Å². The van der Waals surface area contributed by atoms with Crippen molar-refractivity contribution in [3.05, 3.63) is 41.6 Å². The number of aromatic amines is 1. The summed E-state index contributed by atoms with van der Waals surface area (Å²) in [5.74, 6) is 0.694. The molecule has 0 saturated heterocycles. The van der Waals surface area contributed by atoms with Crippen LogP contribution in [0.25, 0.3) is 0 Å². The highest BCUT2D eigenvalue weighted by molar-refractivity contribution is 5.94. The van der Waals surface area contributed by atoms with Crippen molar-refractivity contribution in [2.75, 3.05) is 7.05 Å². The fourth-order valence-electron chi connectivity index (χ4n) is 1.48. The zero-order chi connectivity index (χ0) is 11.5. The third kappa shape index (κ3) is 1.98. The van der Waals surface area contributed by atoms with Crippen LogP contribution in [0.15, 0.2) is 29.0 Å². The van der Waals surface area contributed by atoms with Gasteiger partial charge in [0.15, 0.2) is 0 Å². The molecule has 2 aromatic rings. The first-order valence-corrected chi connectivity index (χ1v) is 4.96. The van der Waals surface area contributed by atoms with E-state index < -0.39 is 0 Å². The Morgan fingerprint density at radius 3 is 3.00 bits per heavy atom. The predicted octanol–water partition coefficient (Wildman–Crippen LogP) is 1.58. The molecule has 0 aromatic carbocycles. The van der Waals surface area contributed by atoms with Crippen LogP contribution in [-0.2, 0) is 6.54 Å². The molecule has 0 fully saturated rings. The molecular formula is C11H13N3O2. The largest absolute Gasteiger partial charge is 0.467 e. The SMILES string of the molecule is Cc1[nH]ncc1C(=O)N(C)Cc1ccco1. The molecule has 0 unspecified atom stereocenters. The smallest absolute Gasteiger partial charge is 0.257 e. The van der Waals surface area contributed by atoms with Crippen LogP contribution in [0.3, 0.4) is 0 Å². The van der Waals surface area contributed by atoms with Gasteiger partial charge in [-0.2, -0.15) is 5.10 Å². The quantitative estimate of drug-likeness (QED) is 0.852. The number of aromatic nitrogens is 2. The minimum absolute atomic E-state index is 0.0670. The van der Waals surface area contributed by atoms with Crippen molar-refractivity contribution in [1.29, 1.82) is 0 Å². The molecular weight excluding hydrogens is 206 g/mol. The second-order valence-electron chi connectivity index (χ2n) is 3.65. The number of carbonyl (C=O) groups is 1. The molecule has 0 saturated carbocycles. The highest BCUT2D eigenvalue weighted by atomic mass is 16.3. The van der Waals surface area contributed by atoms with Crippen LogP contribution in [0.1, 0.15) is 21.8 Å². The number of furan rings is 1. The minimum Gasteiger partial charge on any atom is -0.467 e. The lowest BCUT2D eigenvalue weighted by Crippen LogP contribution is -2.26. The number of hydrogen-bond donors (Lipinski definition) is 1. The molecule has 5 heteroatoms. The van der Waals surface area contributed by atoms with E-state index in [0.29, 0.717) is 12.1 Å². The van der Waals surface area contributed by atoms with Gasteiger partial charge in [0.25, 0.3) is 5.91 Å². The maximum Gasteiger partial charge on any atom is 0.257 e. The van der Waals surface area contributed by atoms with Crippen LogP contribution >= 0.6 is 0 Å². The summed E-state index contributed by atoms with van der Waals surface area (Å²) in [5.41, 5.74) is 1.37. The van der Waals surface area contributed by atoms with Crippen molar-refractivity contribution in [1.82, 2.24) is 15.1 Å². The van der Waals surface area contributed by atoms with Gasteiger partial charge in [0.1, 0.15) is 5.76 Å². The van der Waals surface area contributed by atoms with Crippen molar-refractivity contribution < 1.29 is 9.21 Å². The van der Waals surface area contributed by atoms with E-state index in [1.165, 1.54) is 6.20 Å². The number of H-pyrrole nitrogens is 1. The molecule has 0 aliphatic rings.